The Hall–Kier alpha value is -0.0800. The van der Waals surface area contributed by atoms with Crippen LogP contribution in [0.3, 0.4) is 0 Å². The van der Waals surface area contributed by atoms with E-state index in [1.807, 2.05) is 0 Å². The molecule has 90 valence electrons. The second-order valence-electron chi connectivity index (χ2n) is 5.01. The van der Waals surface area contributed by atoms with Gasteiger partial charge in [-0.1, -0.05) is 19.8 Å². The predicted molar refractivity (Wildman–Crippen MR) is 67.2 cm³/mol. The van der Waals surface area contributed by atoms with Crippen LogP contribution in [0.15, 0.2) is 0 Å². The summed E-state index contributed by atoms with van der Waals surface area (Å²) in [5.74, 6) is 0.937. The van der Waals surface area contributed by atoms with E-state index in [1.54, 1.807) is 0 Å². The van der Waals surface area contributed by atoms with Crippen molar-refractivity contribution in [3.63, 3.8) is 0 Å². The summed E-state index contributed by atoms with van der Waals surface area (Å²) in [6, 6.07) is 0. The van der Waals surface area contributed by atoms with Gasteiger partial charge < -0.3 is 10.2 Å². The van der Waals surface area contributed by atoms with Crippen LogP contribution in [-0.4, -0.2) is 38.1 Å². The first-order chi connectivity index (χ1) is 7.33. The standard InChI is InChI=1S/C13H28N2/c1-3-4-5-10-15(2)11-8-13-7-6-9-14-12-13/h13-14H,3-12H2,1-2H3. The van der Waals surface area contributed by atoms with Gasteiger partial charge in [0.05, 0.1) is 0 Å². The summed E-state index contributed by atoms with van der Waals surface area (Å²) in [4.78, 5) is 2.50. The Labute approximate surface area is 95.4 Å². The summed E-state index contributed by atoms with van der Waals surface area (Å²) in [6.45, 7) is 7.34. The maximum atomic E-state index is 3.49. The molecule has 0 bridgehead atoms. The van der Waals surface area contributed by atoms with Crippen molar-refractivity contribution in [2.75, 3.05) is 33.2 Å². The van der Waals surface area contributed by atoms with Crippen molar-refractivity contribution < 1.29 is 0 Å². The summed E-state index contributed by atoms with van der Waals surface area (Å²) < 4.78 is 0. The first kappa shape index (κ1) is 13.0. The highest BCUT2D eigenvalue weighted by atomic mass is 15.1. The summed E-state index contributed by atoms with van der Waals surface area (Å²) >= 11 is 0. The third-order valence-corrected chi connectivity index (χ3v) is 3.46. The highest BCUT2D eigenvalue weighted by Crippen LogP contribution is 2.14. The molecule has 2 heteroatoms. The molecule has 0 saturated carbocycles. The lowest BCUT2D eigenvalue weighted by atomic mass is 9.96. The Bertz CT molecular complexity index is 141. The van der Waals surface area contributed by atoms with Crippen LogP contribution in [0.25, 0.3) is 0 Å². The first-order valence-electron chi connectivity index (χ1n) is 6.72. The fraction of sp³-hybridized carbons (Fsp3) is 1.00. The van der Waals surface area contributed by atoms with E-state index >= 15 is 0 Å². The number of nitrogens with one attached hydrogen (secondary N) is 1. The predicted octanol–water partition coefficient (Wildman–Crippen LogP) is 2.50. The van der Waals surface area contributed by atoms with Crippen molar-refractivity contribution in [1.82, 2.24) is 10.2 Å². The second-order valence-corrected chi connectivity index (χ2v) is 5.01. The van der Waals surface area contributed by atoms with Crippen LogP contribution < -0.4 is 5.32 Å². The topological polar surface area (TPSA) is 15.3 Å². The van der Waals surface area contributed by atoms with Gasteiger partial charge >= 0.3 is 0 Å². The molecule has 1 heterocycles. The Morgan fingerprint density at radius 2 is 2.13 bits per heavy atom. The molecule has 0 aromatic carbocycles. The molecule has 0 aromatic rings. The number of hydrogen-bond acceptors (Lipinski definition) is 2. The number of piperidine rings is 1. The lowest BCUT2D eigenvalue weighted by Crippen LogP contribution is -2.32. The minimum absolute atomic E-state index is 0.937. The lowest BCUT2D eigenvalue weighted by Gasteiger charge is -2.25. The van der Waals surface area contributed by atoms with E-state index in [9.17, 15) is 0 Å². The molecule has 1 aliphatic heterocycles. The van der Waals surface area contributed by atoms with Gasteiger partial charge in [-0.15, -0.1) is 0 Å². The van der Waals surface area contributed by atoms with Gasteiger partial charge in [0, 0.05) is 0 Å². The first-order valence-corrected chi connectivity index (χ1v) is 6.72. The van der Waals surface area contributed by atoms with Gasteiger partial charge in [-0.05, 0) is 64.8 Å². The molecule has 0 spiro atoms. The minimum Gasteiger partial charge on any atom is -0.316 e. The van der Waals surface area contributed by atoms with Gasteiger partial charge in [0.25, 0.3) is 0 Å². The van der Waals surface area contributed by atoms with E-state index in [-0.39, 0.29) is 0 Å². The molecule has 1 atom stereocenters. The Kier molecular flexibility index (Phi) is 7.03. The van der Waals surface area contributed by atoms with Gasteiger partial charge in [0.15, 0.2) is 0 Å². The Morgan fingerprint density at radius 3 is 2.80 bits per heavy atom. The maximum absolute atomic E-state index is 3.49. The smallest absolute Gasteiger partial charge is 0.00187 e. The van der Waals surface area contributed by atoms with E-state index in [1.165, 1.54) is 64.7 Å². The van der Waals surface area contributed by atoms with E-state index < -0.39 is 0 Å². The van der Waals surface area contributed by atoms with Crippen LogP contribution in [0.5, 0.6) is 0 Å². The average Bonchev–Trinajstić information content (AvgIpc) is 2.28. The molecule has 2 nitrogen and oxygen atoms in total. The van der Waals surface area contributed by atoms with Crippen molar-refractivity contribution in [2.45, 2.75) is 45.4 Å². The highest BCUT2D eigenvalue weighted by molar-refractivity contribution is 4.70. The average molecular weight is 212 g/mol. The molecule has 0 aromatic heterocycles. The van der Waals surface area contributed by atoms with Gasteiger partial charge in [-0.2, -0.15) is 0 Å². The third kappa shape index (κ3) is 6.16. The summed E-state index contributed by atoms with van der Waals surface area (Å²) in [6.07, 6.45) is 8.29. The SMILES string of the molecule is CCCCCN(C)CCC1CCCNC1. The van der Waals surface area contributed by atoms with Crippen molar-refractivity contribution in [2.24, 2.45) is 5.92 Å². The minimum atomic E-state index is 0.937. The number of nitrogens with zero attached hydrogens (tertiary/aromatic N) is 1. The largest absolute Gasteiger partial charge is 0.316 e. The molecule has 0 amide bonds. The van der Waals surface area contributed by atoms with Crippen molar-refractivity contribution >= 4 is 0 Å². The van der Waals surface area contributed by atoms with Crippen LogP contribution in [0.4, 0.5) is 0 Å². The summed E-state index contributed by atoms with van der Waals surface area (Å²) in [5.41, 5.74) is 0. The summed E-state index contributed by atoms with van der Waals surface area (Å²) in [5, 5.41) is 3.49. The second kappa shape index (κ2) is 8.12. The van der Waals surface area contributed by atoms with Crippen LogP contribution in [0, 0.1) is 5.92 Å². The molecular formula is C13H28N2. The number of rotatable bonds is 7. The molecule has 1 saturated heterocycles. The molecule has 1 N–H and O–H groups in total. The fourth-order valence-corrected chi connectivity index (χ4v) is 2.32. The zero-order chi connectivity index (χ0) is 10.9. The fourth-order valence-electron chi connectivity index (χ4n) is 2.32. The monoisotopic (exact) mass is 212 g/mol. The normalized spacial score (nSPS) is 22.2. The van der Waals surface area contributed by atoms with Crippen molar-refractivity contribution in [3.8, 4) is 0 Å². The number of unbranched alkanes of at least 4 members (excludes halogenated alkanes) is 2. The van der Waals surface area contributed by atoms with E-state index in [0.29, 0.717) is 0 Å². The molecule has 1 aliphatic rings. The van der Waals surface area contributed by atoms with E-state index in [4.69, 9.17) is 0 Å². The molecule has 1 rings (SSSR count). The maximum Gasteiger partial charge on any atom is -0.00187 e. The van der Waals surface area contributed by atoms with Crippen molar-refractivity contribution in [3.05, 3.63) is 0 Å². The molecule has 1 fully saturated rings. The van der Waals surface area contributed by atoms with Gasteiger partial charge in [0.1, 0.15) is 0 Å². The highest BCUT2D eigenvalue weighted by Gasteiger charge is 2.12. The number of hydrogen-bond donors (Lipinski definition) is 1. The van der Waals surface area contributed by atoms with Crippen LogP contribution >= 0.6 is 0 Å². The molecule has 0 aliphatic carbocycles. The van der Waals surface area contributed by atoms with Gasteiger partial charge in [-0.3, -0.25) is 0 Å². The zero-order valence-corrected chi connectivity index (χ0v) is 10.6. The van der Waals surface area contributed by atoms with Crippen LogP contribution in [0.1, 0.15) is 45.4 Å². The lowest BCUT2D eigenvalue weighted by molar-refractivity contribution is 0.269. The van der Waals surface area contributed by atoms with Crippen LogP contribution in [-0.2, 0) is 0 Å². The van der Waals surface area contributed by atoms with E-state index in [2.05, 4.69) is 24.2 Å². The Morgan fingerprint density at radius 1 is 1.27 bits per heavy atom. The van der Waals surface area contributed by atoms with E-state index in [0.717, 1.165) is 5.92 Å². The molecule has 1 unspecified atom stereocenters. The van der Waals surface area contributed by atoms with Crippen LogP contribution in [0.2, 0.25) is 0 Å². The quantitative estimate of drug-likeness (QED) is 0.652. The molecular weight excluding hydrogens is 184 g/mol. The van der Waals surface area contributed by atoms with Gasteiger partial charge in [-0.25, -0.2) is 0 Å². The third-order valence-electron chi connectivity index (χ3n) is 3.46. The molecule has 15 heavy (non-hydrogen) atoms. The summed E-state index contributed by atoms with van der Waals surface area (Å²) in [7, 11) is 2.27. The van der Waals surface area contributed by atoms with Gasteiger partial charge in [0.2, 0.25) is 0 Å². The van der Waals surface area contributed by atoms with Crippen molar-refractivity contribution in [1.29, 1.82) is 0 Å². The molecule has 0 radical (unpaired) electrons. The Balaban J connectivity index is 1.97. The zero-order valence-electron chi connectivity index (χ0n) is 10.6.